The molecule has 0 bridgehead atoms. The number of hydrogen-bond acceptors (Lipinski definition) is 4. The fraction of sp³-hybridized carbons (Fsp3) is 0.391. The van der Waals surface area contributed by atoms with E-state index in [0.29, 0.717) is 17.0 Å². The predicted octanol–water partition coefficient (Wildman–Crippen LogP) is 5.07. The number of anilines is 2. The normalized spacial score (nSPS) is 18.8. The standard InChI is InChI=1S/C23H26ClN3O2S/c24-17-9-6-15(7-10-17)13-30-14-21-23(29)27-20-12-16(8-11-19(20)26-21)22(28)25-18-4-2-1-3-5-18/h6-12,18,21,26H,1-5,13-14H2,(H,25,28)(H,27,29). The van der Waals surface area contributed by atoms with Crippen LogP contribution in [0, 0.1) is 0 Å². The molecule has 1 atom stereocenters. The third-order valence-corrected chi connectivity index (χ3v) is 6.95. The van der Waals surface area contributed by atoms with Crippen LogP contribution < -0.4 is 16.0 Å². The summed E-state index contributed by atoms with van der Waals surface area (Å²) in [6.07, 6.45) is 5.69. The molecule has 30 heavy (non-hydrogen) atoms. The van der Waals surface area contributed by atoms with Gasteiger partial charge in [0.2, 0.25) is 5.91 Å². The highest BCUT2D eigenvalue weighted by Crippen LogP contribution is 2.29. The fourth-order valence-corrected chi connectivity index (χ4v) is 5.04. The summed E-state index contributed by atoms with van der Waals surface area (Å²) in [5.74, 6) is 1.32. The van der Waals surface area contributed by atoms with Gasteiger partial charge < -0.3 is 16.0 Å². The number of amides is 2. The molecule has 0 spiro atoms. The predicted molar refractivity (Wildman–Crippen MR) is 124 cm³/mol. The summed E-state index contributed by atoms with van der Waals surface area (Å²) >= 11 is 7.61. The second kappa shape index (κ2) is 9.75. The molecule has 1 fully saturated rings. The Morgan fingerprint density at radius 3 is 2.60 bits per heavy atom. The molecule has 0 saturated heterocycles. The molecule has 3 N–H and O–H groups in total. The van der Waals surface area contributed by atoms with Gasteiger partial charge in [-0.25, -0.2) is 0 Å². The number of hydrogen-bond donors (Lipinski definition) is 3. The molecule has 4 rings (SSSR count). The Labute approximate surface area is 186 Å². The monoisotopic (exact) mass is 443 g/mol. The maximum atomic E-state index is 12.6. The molecule has 2 aromatic rings. The highest BCUT2D eigenvalue weighted by Gasteiger charge is 2.26. The number of benzene rings is 2. The van der Waals surface area contributed by atoms with Crippen LogP contribution in [0.3, 0.4) is 0 Å². The van der Waals surface area contributed by atoms with E-state index in [4.69, 9.17) is 11.6 Å². The van der Waals surface area contributed by atoms with Crippen molar-refractivity contribution in [1.29, 1.82) is 0 Å². The van der Waals surface area contributed by atoms with Gasteiger partial charge in [0.1, 0.15) is 6.04 Å². The van der Waals surface area contributed by atoms with E-state index in [2.05, 4.69) is 16.0 Å². The summed E-state index contributed by atoms with van der Waals surface area (Å²) in [4.78, 5) is 25.1. The second-order valence-corrected chi connectivity index (χ2v) is 9.36. The van der Waals surface area contributed by atoms with Crippen LogP contribution >= 0.6 is 23.4 Å². The van der Waals surface area contributed by atoms with Crippen molar-refractivity contribution in [2.24, 2.45) is 0 Å². The van der Waals surface area contributed by atoms with Gasteiger partial charge in [0.25, 0.3) is 5.91 Å². The van der Waals surface area contributed by atoms with E-state index < -0.39 is 0 Å². The average Bonchev–Trinajstić information content (AvgIpc) is 2.76. The quantitative estimate of drug-likeness (QED) is 0.583. The molecule has 0 radical (unpaired) electrons. The zero-order valence-electron chi connectivity index (χ0n) is 16.7. The van der Waals surface area contributed by atoms with Crippen molar-refractivity contribution < 1.29 is 9.59 Å². The highest BCUT2D eigenvalue weighted by molar-refractivity contribution is 7.98. The lowest BCUT2D eigenvalue weighted by Crippen LogP contribution is -2.41. The molecule has 1 saturated carbocycles. The molecule has 2 amide bonds. The first-order chi connectivity index (χ1) is 14.6. The van der Waals surface area contributed by atoms with Crippen LogP contribution in [0.2, 0.25) is 5.02 Å². The van der Waals surface area contributed by atoms with E-state index >= 15 is 0 Å². The minimum absolute atomic E-state index is 0.0698. The Morgan fingerprint density at radius 1 is 1.07 bits per heavy atom. The second-order valence-electron chi connectivity index (χ2n) is 7.90. The molecule has 1 aliphatic carbocycles. The summed E-state index contributed by atoms with van der Waals surface area (Å²) in [5.41, 5.74) is 3.27. The number of thioether (sulfide) groups is 1. The van der Waals surface area contributed by atoms with Crippen LogP contribution in [0.4, 0.5) is 11.4 Å². The summed E-state index contributed by atoms with van der Waals surface area (Å²) < 4.78 is 0. The average molecular weight is 444 g/mol. The number of fused-ring (bicyclic) bond motifs is 1. The van der Waals surface area contributed by atoms with Crippen molar-refractivity contribution in [2.45, 2.75) is 49.9 Å². The first-order valence-corrected chi connectivity index (χ1v) is 12.0. The summed E-state index contributed by atoms with van der Waals surface area (Å²) in [6.45, 7) is 0. The van der Waals surface area contributed by atoms with Crippen LogP contribution in [0.5, 0.6) is 0 Å². The van der Waals surface area contributed by atoms with Crippen LogP contribution in [0.25, 0.3) is 0 Å². The van der Waals surface area contributed by atoms with Gasteiger partial charge in [-0.2, -0.15) is 11.8 Å². The maximum absolute atomic E-state index is 12.6. The third-order valence-electron chi connectivity index (χ3n) is 5.59. The lowest BCUT2D eigenvalue weighted by atomic mass is 9.95. The smallest absolute Gasteiger partial charge is 0.251 e. The Balaban J connectivity index is 1.33. The number of carbonyl (C=O) groups is 2. The van der Waals surface area contributed by atoms with Crippen LogP contribution in [0.1, 0.15) is 48.0 Å². The molecule has 1 aliphatic heterocycles. The molecular formula is C23H26ClN3O2S. The van der Waals surface area contributed by atoms with Gasteiger partial charge in [0, 0.05) is 28.1 Å². The van der Waals surface area contributed by atoms with Crippen molar-refractivity contribution in [1.82, 2.24) is 5.32 Å². The lowest BCUT2D eigenvalue weighted by molar-refractivity contribution is -0.116. The molecule has 1 unspecified atom stereocenters. The van der Waals surface area contributed by atoms with Gasteiger partial charge in [0.05, 0.1) is 11.4 Å². The van der Waals surface area contributed by atoms with Gasteiger partial charge >= 0.3 is 0 Å². The minimum atomic E-state index is -0.309. The van der Waals surface area contributed by atoms with Crippen molar-refractivity contribution in [3.8, 4) is 0 Å². The number of carbonyl (C=O) groups excluding carboxylic acids is 2. The molecular weight excluding hydrogens is 418 g/mol. The van der Waals surface area contributed by atoms with E-state index in [-0.39, 0.29) is 23.9 Å². The Morgan fingerprint density at radius 2 is 1.83 bits per heavy atom. The summed E-state index contributed by atoms with van der Waals surface area (Å²) in [5, 5.41) is 10.1. The van der Waals surface area contributed by atoms with Crippen molar-refractivity contribution in [2.75, 3.05) is 16.4 Å². The molecule has 1 heterocycles. The number of rotatable bonds is 6. The Hall–Kier alpha value is -2.18. The summed E-state index contributed by atoms with van der Waals surface area (Å²) in [6, 6.07) is 13.2. The molecule has 5 nitrogen and oxygen atoms in total. The van der Waals surface area contributed by atoms with Crippen molar-refractivity contribution >= 4 is 46.6 Å². The minimum Gasteiger partial charge on any atom is -0.371 e. The SMILES string of the molecule is O=C(NC1CCCCC1)c1ccc2c(c1)NC(=O)C(CSCc1ccc(Cl)cc1)N2. The van der Waals surface area contributed by atoms with Gasteiger partial charge in [0.15, 0.2) is 0 Å². The van der Waals surface area contributed by atoms with Gasteiger partial charge in [-0.1, -0.05) is 43.0 Å². The Kier molecular flexibility index (Phi) is 6.85. The van der Waals surface area contributed by atoms with E-state index in [1.165, 1.54) is 24.8 Å². The molecule has 7 heteroatoms. The molecule has 2 aliphatic rings. The lowest BCUT2D eigenvalue weighted by Gasteiger charge is -2.27. The molecule has 2 aromatic carbocycles. The Bertz CT molecular complexity index is 913. The first kappa shape index (κ1) is 21.1. The van der Waals surface area contributed by atoms with E-state index in [1.54, 1.807) is 17.8 Å². The zero-order chi connectivity index (χ0) is 20.9. The number of nitrogens with one attached hydrogen (secondary N) is 3. The van der Waals surface area contributed by atoms with E-state index in [0.717, 1.165) is 29.3 Å². The van der Waals surface area contributed by atoms with Crippen LogP contribution in [-0.4, -0.2) is 29.7 Å². The zero-order valence-corrected chi connectivity index (χ0v) is 18.3. The maximum Gasteiger partial charge on any atom is 0.251 e. The number of halogens is 1. The third kappa shape index (κ3) is 5.29. The van der Waals surface area contributed by atoms with Crippen molar-refractivity contribution in [3.05, 3.63) is 58.6 Å². The molecule has 0 aromatic heterocycles. The van der Waals surface area contributed by atoms with E-state index in [1.807, 2.05) is 36.4 Å². The topological polar surface area (TPSA) is 70.2 Å². The van der Waals surface area contributed by atoms with Crippen molar-refractivity contribution in [3.63, 3.8) is 0 Å². The largest absolute Gasteiger partial charge is 0.371 e. The van der Waals surface area contributed by atoms with Gasteiger partial charge in [-0.3, -0.25) is 9.59 Å². The highest BCUT2D eigenvalue weighted by atomic mass is 35.5. The fourth-order valence-electron chi connectivity index (χ4n) is 3.90. The van der Waals surface area contributed by atoms with Gasteiger partial charge in [-0.15, -0.1) is 0 Å². The summed E-state index contributed by atoms with van der Waals surface area (Å²) in [7, 11) is 0. The van der Waals surface area contributed by atoms with E-state index in [9.17, 15) is 9.59 Å². The molecule has 158 valence electrons. The van der Waals surface area contributed by atoms with Crippen LogP contribution in [0.15, 0.2) is 42.5 Å². The first-order valence-electron chi connectivity index (χ1n) is 10.4. The van der Waals surface area contributed by atoms with Crippen LogP contribution in [-0.2, 0) is 10.5 Å². The van der Waals surface area contributed by atoms with Gasteiger partial charge in [-0.05, 0) is 48.7 Å².